The van der Waals surface area contributed by atoms with E-state index in [4.69, 9.17) is 4.52 Å². The zero-order chi connectivity index (χ0) is 9.84. The van der Waals surface area contributed by atoms with Crippen molar-refractivity contribution in [2.75, 3.05) is 0 Å². The van der Waals surface area contributed by atoms with Crippen molar-refractivity contribution in [2.24, 2.45) is 0 Å². The molecule has 1 N–H and O–H groups in total. The molecular weight excluding hydrogens is 183 g/mol. The highest BCUT2D eigenvalue weighted by Crippen LogP contribution is 2.18. The third kappa shape index (κ3) is 2.77. The normalized spacial score (nSPS) is 12.9. The molecule has 1 rings (SSSR count). The van der Waals surface area contributed by atoms with E-state index >= 15 is 0 Å². The lowest BCUT2D eigenvalue weighted by molar-refractivity contribution is 0.199. The summed E-state index contributed by atoms with van der Waals surface area (Å²) in [5.74, 6) is 0. The molecule has 0 spiro atoms. The van der Waals surface area contributed by atoms with Crippen molar-refractivity contribution < 1.29 is 9.63 Å². The molecule has 3 heteroatoms. The second kappa shape index (κ2) is 4.71. The van der Waals surface area contributed by atoms with Crippen LogP contribution in [0.25, 0.3) is 0 Å². The average molecular weight is 198 g/mol. The number of aryl methyl sites for hydroxylation is 1. The predicted octanol–water partition coefficient (Wildman–Crippen LogP) is 2.36. The SMILES string of the molecule is Cc1ccc(C(C)O)cc1COP. The predicted molar refractivity (Wildman–Crippen MR) is 56.3 cm³/mol. The first-order valence-corrected chi connectivity index (χ1v) is 4.71. The Morgan fingerprint density at radius 2 is 2.23 bits per heavy atom. The molecule has 0 saturated carbocycles. The van der Waals surface area contributed by atoms with E-state index in [0.29, 0.717) is 6.61 Å². The molecule has 0 aliphatic rings. The average Bonchev–Trinajstić information content (AvgIpc) is 2.08. The van der Waals surface area contributed by atoms with Gasteiger partial charge in [-0.1, -0.05) is 18.2 Å². The quantitative estimate of drug-likeness (QED) is 0.755. The summed E-state index contributed by atoms with van der Waals surface area (Å²) in [7, 11) is 2.23. The summed E-state index contributed by atoms with van der Waals surface area (Å²) >= 11 is 0. The summed E-state index contributed by atoms with van der Waals surface area (Å²) in [6, 6.07) is 5.91. The highest BCUT2D eigenvalue weighted by molar-refractivity contribution is 7.09. The van der Waals surface area contributed by atoms with Crippen molar-refractivity contribution in [2.45, 2.75) is 26.6 Å². The third-order valence-electron chi connectivity index (χ3n) is 2.09. The van der Waals surface area contributed by atoms with Gasteiger partial charge in [-0.25, -0.2) is 0 Å². The molecule has 0 bridgehead atoms. The maximum Gasteiger partial charge on any atom is 0.0762 e. The largest absolute Gasteiger partial charge is 0.389 e. The fourth-order valence-electron chi connectivity index (χ4n) is 1.20. The summed E-state index contributed by atoms with van der Waals surface area (Å²) in [6.07, 6.45) is -0.413. The van der Waals surface area contributed by atoms with Crippen molar-refractivity contribution in [3.05, 3.63) is 34.9 Å². The summed E-state index contributed by atoms with van der Waals surface area (Å²) < 4.78 is 4.98. The standard InChI is InChI=1S/C10H15O2P/c1-7-3-4-9(8(2)11)5-10(7)6-12-13/h3-5,8,11H,6,13H2,1-2H3. The van der Waals surface area contributed by atoms with Crippen molar-refractivity contribution in [3.8, 4) is 0 Å². The molecule has 0 aliphatic carbocycles. The molecule has 2 unspecified atom stereocenters. The molecule has 0 radical (unpaired) electrons. The van der Waals surface area contributed by atoms with E-state index in [1.807, 2.05) is 25.1 Å². The van der Waals surface area contributed by atoms with Crippen LogP contribution < -0.4 is 0 Å². The first-order valence-electron chi connectivity index (χ1n) is 4.24. The van der Waals surface area contributed by atoms with Gasteiger partial charge >= 0.3 is 0 Å². The van der Waals surface area contributed by atoms with E-state index < -0.39 is 6.10 Å². The van der Waals surface area contributed by atoms with Crippen LogP contribution in [0.4, 0.5) is 0 Å². The Kier molecular flexibility index (Phi) is 3.86. The molecule has 0 heterocycles. The topological polar surface area (TPSA) is 29.5 Å². The summed E-state index contributed by atoms with van der Waals surface area (Å²) in [4.78, 5) is 0. The van der Waals surface area contributed by atoms with E-state index in [-0.39, 0.29) is 0 Å². The summed E-state index contributed by atoms with van der Waals surface area (Å²) in [5.41, 5.74) is 3.24. The lowest BCUT2D eigenvalue weighted by Crippen LogP contribution is -1.95. The zero-order valence-electron chi connectivity index (χ0n) is 7.95. The molecule has 13 heavy (non-hydrogen) atoms. The van der Waals surface area contributed by atoms with Crippen LogP contribution in [0.5, 0.6) is 0 Å². The van der Waals surface area contributed by atoms with E-state index in [1.54, 1.807) is 6.92 Å². The van der Waals surface area contributed by atoms with Gasteiger partial charge in [-0.3, -0.25) is 0 Å². The Morgan fingerprint density at radius 1 is 1.54 bits per heavy atom. The first kappa shape index (κ1) is 10.6. The van der Waals surface area contributed by atoms with E-state index in [1.165, 1.54) is 5.56 Å². The summed E-state index contributed by atoms with van der Waals surface area (Å²) in [6.45, 7) is 4.36. The molecule has 0 fully saturated rings. The van der Waals surface area contributed by atoms with Gasteiger partial charge in [-0.15, -0.1) is 0 Å². The van der Waals surface area contributed by atoms with Crippen molar-refractivity contribution >= 4 is 9.47 Å². The Hall–Kier alpha value is -0.430. The van der Waals surface area contributed by atoms with Gasteiger partial charge in [0.05, 0.1) is 12.7 Å². The number of rotatable bonds is 3. The van der Waals surface area contributed by atoms with Gasteiger partial charge in [0.15, 0.2) is 0 Å². The fraction of sp³-hybridized carbons (Fsp3) is 0.400. The molecular formula is C10H15O2P. The Labute approximate surface area is 81.2 Å². The Bertz CT molecular complexity index is 284. The number of benzene rings is 1. The van der Waals surface area contributed by atoms with Crippen LogP contribution >= 0.6 is 9.47 Å². The van der Waals surface area contributed by atoms with Gasteiger partial charge < -0.3 is 9.63 Å². The minimum Gasteiger partial charge on any atom is -0.389 e. The molecule has 0 aliphatic heterocycles. The van der Waals surface area contributed by atoms with E-state index in [2.05, 4.69) is 9.47 Å². The summed E-state index contributed by atoms with van der Waals surface area (Å²) in [5, 5.41) is 9.36. The second-order valence-electron chi connectivity index (χ2n) is 3.17. The van der Waals surface area contributed by atoms with Crippen molar-refractivity contribution in [1.82, 2.24) is 0 Å². The maximum absolute atomic E-state index is 9.36. The molecule has 2 nitrogen and oxygen atoms in total. The van der Waals surface area contributed by atoms with Gasteiger partial charge in [0, 0.05) is 9.47 Å². The van der Waals surface area contributed by atoms with Crippen LogP contribution in [0.15, 0.2) is 18.2 Å². The molecule has 0 amide bonds. The molecule has 72 valence electrons. The maximum atomic E-state index is 9.36. The molecule has 0 saturated heterocycles. The van der Waals surface area contributed by atoms with Gasteiger partial charge in [0.1, 0.15) is 0 Å². The highest BCUT2D eigenvalue weighted by Gasteiger charge is 2.03. The Balaban J connectivity index is 2.97. The van der Waals surface area contributed by atoms with Gasteiger partial charge in [0.25, 0.3) is 0 Å². The number of aliphatic hydroxyl groups is 1. The van der Waals surface area contributed by atoms with Gasteiger partial charge in [-0.05, 0) is 30.5 Å². The van der Waals surface area contributed by atoms with Crippen molar-refractivity contribution in [3.63, 3.8) is 0 Å². The zero-order valence-corrected chi connectivity index (χ0v) is 9.10. The van der Waals surface area contributed by atoms with E-state index in [0.717, 1.165) is 11.1 Å². The first-order chi connectivity index (χ1) is 6.15. The lowest BCUT2D eigenvalue weighted by Gasteiger charge is -2.09. The minimum atomic E-state index is -0.413. The lowest BCUT2D eigenvalue weighted by atomic mass is 10.0. The van der Waals surface area contributed by atoms with Crippen molar-refractivity contribution in [1.29, 1.82) is 0 Å². The second-order valence-corrected chi connectivity index (χ2v) is 3.51. The molecule has 0 aromatic heterocycles. The Morgan fingerprint density at radius 3 is 2.77 bits per heavy atom. The van der Waals surface area contributed by atoms with Gasteiger partial charge in [-0.2, -0.15) is 0 Å². The van der Waals surface area contributed by atoms with Gasteiger partial charge in [0.2, 0.25) is 0 Å². The molecule has 1 aromatic rings. The van der Waals surface area contributed by atoms with Crippen LogP contribution in [0.2, 0.25) is 0 Å². The van der Waals surface area contributed by atoms with Crippen LogP contribution in [0.3, 0.4) is 0 Å². The highest BCUT2D eigenvalue weighted by atomic mass is 31.0. The smallest absolute Gasteiger partial charge is 0.0762 e. The van der Waals surface area contributed by atoms with Crippen LogP contribution in [-0.4, -0.2) is 5.11 Å². The van der Waals surface area contributed by atoms with E-state index in [9.17, 15) is 5.11 Å². The molecule has 1 aromatic carbocycles. The number of hydrogen-bond acceptors (Lipinski definition) is 2. The third-order valence-corrected chi connectivity index (χ3v) is 2.26. The van der Waals surface area contributed by atoms with Crippen LogP contribution in [-0.2, 0) is 11.1 Å². The minimum absolute atomic E-state index is 0.413. The van der Waals surface area contributed by atoms with Crippen LogP contribution in [0.1, 0.15) is 29.7 Å². The fourth-order valence-corrected chi connectivity index (χ4v) is 1.38. The van der Waals surface area contributed by atoms with Crippen LogP contribution in [0, 0.1) is 6.92 Å². The molecule has 2 atom stereocenters. The monoisotopic (exact) mass is 198 g/mol. The number of hydrogen-bond donors (Lipinski definition) is 1. The number of aliphatic hydroxyl groups excluding tert-OH is 1.